The zero-order valence-electron chi connectivity index (χ0n) is 19.0. The molecule has 1 aromatic heterocycles. The van der Waals surface area contributed by atoms with Gasteiger partial charge in [-0.3, -0.25) is 9.69 Å². The number of halogens is 2. The highest BCUT2D eigenvalue weighted by Gasteiger charge is 2.26. The third-order valence-corrected chi connectivity index (χ3v) is 5.62. The molecule has 0 N–H and O–H groups in total. The Morgan fingerprint density at radius 1 is 0.941 bits per heavy atom. The van der Waals surface area contributed by atoms with Gasteiger partial charge in [-0.2, -0.15) is 4.68 Å². The van der Waals surface area contributed by atoms with Crippen molar-refractivity contribution < 1.29 is 27.8 Å². The summed E-state index contributed by atoms with van der Waals surface area (Å²) in [4.78, 5) is 16.9. The molecule has 0 atom stereocenters. The predicted octanol–water partition coefficient (Wildman–Crippen LogP) is 1.92. The highest BCUT2D eigenvalue weighted by Crippen LogP contribution is 2.38. The molecule has 2 heterocycles. The third kappa shape index (κ3) is 4.62. The molecule has 0 bridgehead atoms. The van der Waals surface area contributed by atoms with E-state index in [0.717, 1.165) is 12.1 Å². The number of rotatable bonds is 7. The number of amides is 1. The molecule has 0 radical (unpaired) electrons. The van der Waals surface area contributed by atoms with Crippen molar-refractivity contribution in [2.45, 2.75) is 6.54 Å². The molecule has 1 aliphatic heterocycles. The lowest BCUT2D eigenvalue weighted by atomic mass is 10.1. The standard InChI is InChI=1S/C22H24F2N6O4/c1-32-18-10-14(11-19(33-2)21(18)34-3)22(31)29-8-6-28(7-9-29)13-20-25-26-27-30(20)15-4-5-16(23)17(24)12-15/h4-5,10-12H,6-9,13H2,1-3H3. The molecule has 34 heavy (non-hydrogen) atoms. The van der Waals surface area contributed by atoms with E-state index in [1.807, 2.05) is 0 Å². The second kappa shape index (κ2) is 10.00. The van der Waals surface area contributed by atoms with Gasteiger partial charge in [0.15, 0.2) is 29.0 Å². The van der Waals surface area contributed by atoms with E-state index in [2.05, 4.69) is 20.4 Å². The molecule has 0 saturated carbocycles. The van der Waals surface area contributed by atoms with Gasteiger partial charge in [0.25, 0.3) is 5.91 Å². The lowest BCUT2D eigenvalue weighted by Crippen LogP contribution is -2.48. The molecule has 1 amide bonds. The van der Waals surface area contributed by atoms with E-state index in [4.69, 9.17) is 14.2 Å². The van der Waals surface area contributed by atoms with Crippen LogP contribution in [0.5, 0.6) is 17.2 Å². The third-order valence-electron chi connectivity index (χ3n) is 5.62. The minimum atomic E-state index is -0.974. The maximum absolute atomic E-state index is 13.6. The Hall–Kier alpha value is -3.80. The van der Waals surface area contributed by atoms with Gasteiger partial charge in [-0.05, 0) is 34.7 Å². The highest BCUT2D eigenvalue weighted by molar-refractivity contribution is 5.95. The fourth-order valence-corrected chi connectivity index (χ4v) is 3.82. The molecule has 0 aliphatic carbocycles. The second-order valence-corrected chi connectivity index (χ2v) is 7.59. The average molecular weight is 474 g/mol. The van der Waals surface area contributed by atoms with Crippen molar-refractivity contribution in [1.82, 2.24) is 30.0 Å². The highest BCUT2D eigenvalue weighted by atomic mass is 19.2. The summed E-state index contributed by atoms with van der Waals surface area (Å²) in [5.41, 5.74) is 0.764. The number of carbonyl (C=O) groups is 1. The van der Waals surface area contributed by atoms with E-state index in [1.165, 1.54) is 32.1 Å². The maximum Gasteiger partial charge on any atom is 0.254 e. The van der Waals surface area contributed by atoms with Gasteiger partial charge in [-0.15, -0.1) is 5.10 Å². The van der Waals surface area contributed by atoms with E-state index >= 15 is 0 Å². The summed E-state index contributed by atoms with van der Waals surface area (Å²) >= 11 is 0. The Balaban J connectivity index is 1.42. The molecule has 1 aliphatic rings. The lowest BCUT2D eigenvalue weighted by molar-refractivity contribution is 0.0623. The number of carbonyl (C=O) groups excluding carboxylic acids is 1. The van der Waals surface area contributed by atoms with Gasteiger partial charge in [0.1, 0.15) is 0 Å². The van der Waals surface area contributed by atoms with Gasteiger partial charge in [0.2, 0.25) is 5.75 Å². The minimum absolute atomic E-state index is 0.148. The van der Waals surface area contributed by atoms with Crippen LogP contribution in [-0.4, -0.2) is 83.4 Å². The van der Waals surface area contributed by atoms with Crippen LogP contribution < -0.4 is 14.2 Å². The average Bonchev–Trinajstić information content (AvgIpc) is 3.32. The molecule has 10 nitrogen and oxygen atoms in total. The summed E-state index contributed by atoms with van der Waals surface area (Å²) in [7, 11) is 4.50. The molecule has 4 rings (SSSR count). The second-order valence-electron chi connectivity index (χ2n) is 7.59. The number of ether oxygens (including phenoxy) is 3. The van der Waals surface area contributed by atoms with Gasteiger partial charge in [-0.1, -0.05) is 0 Å². The van der Waals surface area contributed by atoms with Crippen LogP contribution in [0.15, 0.2) is 30.3 Å². The number of aromatic nitrogens is 4. The van der Waals surface area contributed by atoms with E-state index < -0.39 is 11.6 Å². The summed E-state index contributed by atoms with van der Waals surface area (Å²) < 4.78 is 44.3. The Morgan fingerprint density at radius 3 is 2.21 bits per heavy atom. The molecule has 180 valence electrons. The lowest BCUT2D eigenvalue weighted by Gasteiger charge is -2.34. The number of nitrogens with zero attached hydrogens (tertiary/aromatic N) is 6. The van der Waals surface area contributed by atoms with Crippen LogP contribution in [0.2, 0.25) is 0 Å². The summed E-state index contributed by atoms with van der Waals surface area (Å²) in [6.07, 6.45) is 0. The van der Waals surface area contributed by atoms with Crippen LogP contribution >= 0.6 is 0 Å². The molecular weight excluding hydrogens is 450 g/mol. The van der Waals surface area contributed by atoms with Crippen molar-refractivity contribution in [2.24, 2.45) is 0 Å². The van der Waals surface area contributed by atoms with Gasteiger partial charge < -0.3 is 19.1 Å². The fourth-order valence-electron chi connectivity index (χ4n) is 3.82. The maximum atomic E-state index is 13.6. The molecule has 3 aromatic rings. The summed E-state index contributed by atoms with van der Waals surface area (Å²) in [5.74, 6) is -0.337. The first-order valence-corrected chi connectivity index (χ1v) is 10.5. The molecule has 1 saturated heterocycles. The zero-order valence-corrected chi connectivity index (χ0v) is 19.0. The van der Waals surface area contributed by atoms with Crippen LogP contribution in [-0.2, 0) is 6.54 Å². The molecule has 1 fully saturated rings. The SMILES string of the molecule is COc1cc(C(=O)N2CCN(Cc3nnnn3-c3ccc(F)c(F)c3)CC2)cc(OC)c1OC. The van der Waals surface area contributed by atoms with E-state index in [-0.39, 0.29) is 5.91 Å². The molecule has 12 heteroatoms. The van der Waals surface area contributed by atoms with E-state index in [1.54, 1.807) is 17.0 Å². The Morgan fingerprint density at radius 2 is 1.62 bits per heavy atom. The number of hydrogen-bond donors (Lipinski definition) is 0. The zero-order chi connectivity index (χ0) is 24.2. The summed E-state index contributed by atoms with van der Waals surface area (Å²) in [5, 5.41) is 11.6. The predicted molar refractivity (Wildman–Crippen MR) is 116 cm³/mol. The Labute approximate surface area is 194 Å². The number of tetrazole rings is 1. The van der Waals surface area contributed by atoms with Crippen LogP contribution in [0, 0.1) is 11.6 Å². The van der Waals surface area contributed by atoms with Crippen molar-refractivity contribution in [1.29, 1.82) is 0 Å². The largest absolute Gasteiger partial charge is 0.493 e. The monoisotopic (exact) mass is 474 g/mol. The van der Waals surface area contributed by atoms with Crippen molar-refractivity contribution in [3.05, 3.63) is 53.4 Å². The van der Waals surface area contributed by atoms with Crippen molar-refractivity contribution in [2.75, 3.05) is 47.5 Å². The van der Waals surface area contributed by atoms with Gasteiger partial charge in [0, 0.05) is 37.8 Å². The molecule has 0 unspecified atom stereocenters. The first-order valence-electron chi connectivity index (χ1n) is 10.5. The summed E-state index contributed by atoms with van der Waals surface area (Å²) in [6, 6.07) is 6.75. The first-order chi connectivity index (χ1) is 16.4. The fraction of sp³-hybridized carbons (Fsp3) is 0.364. The Bertz CT molecular complexity index is 1150. The van der Waals surface area contributed by atoms with Gasteiger partial charge >= 0.3 is 0 Å². The van der Waals surface area contributed by atoms with Crippen molar-refractivity contribution in [3.8, 4) is 22.9 Å². The van der Waals surface area contributed by atoms with Crippen LogP contribution in [0.25, 0.3) is 5.69 Å². The number of benzene rings is 2. The van der Waals surface area contributed by atoms with Gasteiger partial charge in [-0.25, -0.2) is 8.78 Å². The molecular formula is C22H24F2N6O4. The summed E-state index contributed by atoms with van der Waals surface area (Å²) in [6.45, 7) is 2.53. The number of methoxy groups -OCH3 is 3. The first kappa shape index (κ1) is 23.4. The smallest absolute Gasteiger partial charge is 0.254 e. The Kier molecular flexibility index (Phi) is 6.87. The van der Waals surface area contributed by atoms with Gasteiger partial charge in [0.05, 0.1) is 33.6 Å². The topological polar surface area (TPSA) is 94.8 Å². The van der Waals surface area contributed by atoms with E-state index in [0.29, 0.717) is 67.0 Å². The van der Waals surface area contributed by atoms with Crippen LogP contribution in [0.4, 0.5) is 8.78 Å². The van der Waals surface area contributed by atoms with Crippen molar-refractivity contribution in [3.63, 3.8) is 0 Å². The van der Waals surface area contributed by atoms with Crippen LogP contribution in [0.1, 0.15) is 16.2 Å². The van der Waals surface area contributed by atoms with Crippen LogP contribution in [0.3, 0.4) is 0 Å². The molecule has 0 spiro atoms. The quantitative estimate of drug-likeness (QED) is 0.513. The van der Waals surface area contributed by atoms with E-state index in [9.17, 15) is 13.6 Å². The van der Waals surface area contributed by atoms with Crippen molar-refractivity contribution >= 4 is 5.91 Å². The minimum Gasteiger partial charge on any atom is -0.493 e. The number of hydrogen-bond acceptors (Lipinski definition) is 8. The normalized spacial score (nSPS) is 14.2. The molecule has 2 aromatic carbocycles. The number of piperazine rings is 1.